The molecule has 2 N–H and O–H groups in total. The van der Waals surface area contributed by atoms with E-state index in [9.17, 15) is 0 Å². The summed E-state index contributed by atoms with van der Waals surface area (Å²) >= 11 is 0. The minimum Gasteiger partial charge on any atom is -0.384 e. The van der Waals surface area contributed by atoms with E-state index in [-0.39, 0.29) is 0 Å². The van der Waals surface area contributed by atoms with Crippen LogP contribution in [-0.2, 0) is 6.54 Å². The molecule has 0 aromatic carbocycles. The fraction of sp³-hybridized carbons (Fsp3) is 0.812. The summed E-state index contributed by atoms with van der Waals surface area (Å²) in [5.74, 6) is 5.76. The van der Waals surface area contributed by atoms with Crippen LogP contribution in [0, 0.1) is 43.4 Å². The summed E-state index contributed by atoms with van der Waals surface area (Å²) in [5, 5.41) is 4.65. The molecule has 0 aliphatic heterocycles. The molecule has 0 saturated heterocycles. The molecule has 3 heteroatoms. The SMILES string of the molecule is Cc1nn(CC2C3CC4CC(C3)CC2C4)c(N)c1C. The number of hydrogen-bond acceptors (Lipinski definition) is 2. The topological polar surface area (TPSA) is 43.8 Å². The quantitative estimate of drug-likeness (QED) is 0.886. The number of nitrogens with two attached hydrogens (primary N) is 1. The predicted molar refractivity (Wildman–Crippen MR) is 76.6 cm³/mol. The van der Waals surface area contributed by atoms with Crippen molar-refractivity contribution in [1.29, 1.82) is 0 Å². The van der Waals surface area contributed by atoms with Gasteiger partial charge in [0.25, 0.3) is 0 Å². The van der Waals surface area contributed by atoms with Crippen molar-refractivity contribution in [3.8, 4) is 0 Å². The zero-order valence-corrected chi connectivity index (χ0v) is 12.1. The number of nitrogens with zero attached hydrogens (tertiary/aromatic N) is 2. The number of aryl methyl sites for hydroxylation is 1. The van der Waals surface area contributed by atoms with Gasteiger partial charge in [0.1, 0.15) is 5.82 Å². The van der Waals surface area contributed by atoms with Gasteiger partial charge in [-0.1, -0.05) is 0 Å². The van der Waals surface area contributed by atoms with E-state index in [0.29, 0.717) is 0 Å². The average molecular weight is 259 g/mol. The molecule has 0 spiro atoms. The van der Waals surface area contributed by atoms with Crippen LogP contribution in [0.2, 0.25) is 0 Å². The van der Waals surface area contributed by atoms with E-state index in [1.807, 2.05) is 0 Å². The lowest BCUT2D eigenvalue weighted by Gasteiger charge is -2.54. The third-order valence-corrected chi connectivity index (χ3v) is 6.28. The van der Waals surface area contributed by atoms with E-state index in [2.05, 4.69) is 23.6 Å². The summed E-state index contributed by atoms with van der Waals surface area (Å²) in [6, 6.07) is 0. The van der Waals surface area contributed by atoms with Gasteiger partial charge in [-0.15, -0.1) is 0 Å². The Kier molecular flexibility index (Phi) is 2.49. The molecule has 0 atom stereocenters. The molecular weight excluding hydrogens is 234 g/mol. The highest BCUT2D eigenvalue weighted by molar-refractivity contribution is 5.41. The lowest BCUT2D eigenvalue weighted by atomic mass is 9.52. The van der Waals surface area contributed by atoms with Crippen LogP contribution >= 0.6 is 0 Å². The minimum atomic E-state index is 0.841. The first-order chi connectivity index (χ1) is 9.11. The van der Waals surface area contributed by atoms with Crippen molar-refractivity contribution in [1.82, 2.24) is 9.78 Å². The Labute approximate surface area is 115 Å². The van der Waals surface area contributed by atoms with E-state index in [0.717, 1.165) is 47.6 Å². The smallest absolute Gasteiger partial charge is 0.124 e. The van der Waals surface area contributed by atoms with Crippen molar-refractivity contribution in [3.63, 3.8) is 0 Å². The number of aromatic nitrogens is 2. The zero-order valence-electron chi connectivity index (χ0n) is 12.1. The van der Waals surface area contributed by atoms with E-state index in [4.69, 9.17) is 5.73 Å². The van der Waals surface area contributed by atoms with E-state index in [1.54, 1.807) is 0 Å². The Balaban J connectivity index is 1.58. The van der Waals surface area contributed by atoms with Gasteiger partial charge in [-0.25, -0.2) is 4.68 Å². The van der Waals surface area contributed by atoms with Crippen LogP contribution in [0.5, 0.6) is 0 Å². The lowest BCUT2D eigenvalue weighted by Crippen LogP contribution is -2.46. The fourth-order valence-corrected chi connectivity index (χ4v) is 5.36. The summed E-state index contributed by atoms with van der Waals surface area (Å²) in [6.07, 6.45) is 7.46. The highest BCUT2D eigenvalue weighted by Gasteiger charge is 2.48. The van der Waals surface area contributed by atoms with Gasteiger partial charge < -0.3 is 5.73 Å². The van der Waals surface area contributed by atoms with Crippen LogP contribution in [0.1, 0.15) is 43.4 Å². The molecule has 4 fully saturated rings. The summed E-state index contributed by atoms with van der Waals surface area (Å²) in [7, 11) is 0. The van der Waals surface area contributed by atoms with Gasteiger partial charge >= 0.3 is 0 Å². The molecule has 19 heavy (non-hydrogen) atoms. The molecule has 4 aliphatic rings. The Hall–Kier alpha value is -0.990. The molecule has 1 aromatic rings. The third-order valence-electron chi connectivity index (χ3n) is 6.28. The van der Waals surface area contributed by atoms with Gasteiger partial charge in [-0.3, -0.25) is 0 Å². The Morgan fingerprint density at radius 2 is 1.63 bits per heavy atom. The normalized spacial score (nSPS) is 40.0. The van der Waals surface area contributed by atoms with Crippen LogP contribution in [0.15, 0.2) is 0 Å². The first-order valence-corrected chi connectivity index (χ1v) is 7.91. The van der Waals surface area contributed by atoms with Crippen molar-refractivity contribution in [2.24, 2.45) is 29.6 Å². The third kappa shape index (κ3) is 1.73. The van der Waals surface area contributed by atoms with E-state index in [1.165, 1.54) is 37.7 Å². The van der Waals surface area contributed by atoms with Crippen LogP contribution in [0.25, 0.3) is 0 Å². The van der Waals surface area contributed by atoms with Crippen molar-refractivity contribution in [3.05, 3.63) is 11.3 Å². The summed E-state index contributed by atoms with van der Waals surface area (Å²) in [6.45, 7) is 5.22. The van der Waals surface area contributed by atoms with Crippen molar-refractivity contribution in [2.75, 3.05) is 5.73 Å². The fourth-order valence-electron chi connectivity index (χ4n) is 5.36. The van der Waals surface area contributed by atoms with Gasteiger partial charge in [0.2, 0.25) is 0 Å². The average Bonchev–Trinajstić information content (AvgIpc) is 2.60. The Bertz CT molecular complexity index is 474. The monoisotopic (exact) mass is 259 g/mol. The highest BCUT2D eigenvalue weighted by Crippen LogP contribution is 2.56. The molecule has 5 rings (SSSR count). The predicted octanol–water partition coefficient (Wildman–Crippen LogP) is 3.15. The van der Waals surface area contributed by atoms with Gasteiger partial charge in [0, 0.05) is 12.1 Å². The summed E-state index contributed by atoms with van der Waals surface area (Å²) in [5.41, 5.74) is 8.48. The largest absolute Gasteiger partial charge is 0.384 e. The molecule has 0 amide bonds. The lowest BCUT2D eigenvalue weighted by molar-refractivity contribution is -0.0440. The number of nitrogen functional groups attached to an aromatic ring is 1. The number of hydrogen-bond donors (Lipinski definition) is 1. The van der Waals surface area contributed by atoms with Crippen LogP contribution in [0.4, 0.5) is 5.82 Å². The van der Waals surface area contributed by atoms with Gasteiger partial charge in [0.05, 0.1) is 5.69 Å². The molecule has 0 unspecified atom stereocenters. The second-order valence-electron chi connectivity index (χ2n) is 7.37. The molecule has 4 aliphatic carbocycles. The first kappa shape index (κ1) is 11.8. The Morgan fingerprint density at radius 3 is 2.11 bits per heavy atom. The molecule has 3 nitrogen and oxygen atoms in total. The van der Waals surface area contributed by atoms with Crippen molar-refractivity contribution >= 4 is 5.82 Å². The molecule has 4 saturated carbocycles. The molecule has 0 radical (unpaired) electrons. The van der Waals surface area contributed by atoms with Crippen LogP contribution in [0.3, 0.4) is 0 Å². The van der Waals surface area contributed by atoms with Crippen molar-refractivity contribution < 1.29 is 0 Å². The summed E-state index contributed by atoms with van der Waals surface area (Å²) in [4.78, 5) is 0. The van der Waals surface area contributed by atoms with Gasteiger partial charge in [0.15, 0.2) is 0 Å². The number of rotatable bonds is 2. The Morgan fingerprint density at radius 1 is 1.05 bits per heavy atom. The summed E-state index contributed by atoms with van der Waals surface area (Å²) < 4.78 is 2.09. The van der Waals surface area contributed by atoms with Gasteiger partial charge in [-0.2, -0.15) is 5.10 Å². The molecule has 1 heterocycles. The van der Waals surface area contributed by atoms with Gasteiger partial charge in [-0.05, 0) is 75.5 Å². The second-order valence-corrected chi connectivity index (χ2v) is 7.37. The van der Waals surface area contributed by atoms with Crippen LogP contribution < -0.4 is 5.73 Å². The van der Waals surface area contributed by atoms with Crippen LogP contribution in [-0.4, -0.2) is 9.78 Å². The number of anilines is 1. The standard InChI is InChI=1S/C16H25N3/c1-9-10(2)18-19(16(9)17)8-15-13-4-11-3-12(6-13)7-14(15)5-11/h11-15H,3-8,17H2,1-2H3. The molecule has 4 bridgehead atoms. The minimum absolute atomic E-state index is 0.841. The molecule has 104 valence electrons. The second kappa shape index (κ2) is 4.00. The van der Waals surface area contributed by atoms with E-state index < -0.39 is 0 Å². The first-order valence-electron chi connectivity index (χ1n) is 7.91. The maximum absolute atomic E-state index is 6.21. The molecule has 1 aromatic heterocycles. The molecular formula is C16H25N3. The van der Waals surface area contributed by atoms with Crippen molar-refractivity contribution in [2.45, 2.75) is 52.5 Å². The maximum Gasteiger partial charge on any atom is 0.124 e. The maximum atomic E-state index is 6.21. The highest BCUT2D eigenvalue weighted by atomic mass is 15.3. The zero-order chi connectivity index (χ0) is 13.1. The van der Waals surface area contributed by atoms with E-state index >= 15 is 0 Å².